The van der Waals surface area contributed by atoms with Gasteiger partial charge in [0.15, 0.2) is 23.0 Å². The van der Waals surface area contributed by atoms with Crippen LogP contribution in [-0.4, -0.2) is 57.5 Å². The smallest absolute Gasteiger partial charge is 0.273 e. The van der Waals surface area contributed by atoms with Crippen molar-refractivity contribution in [2.75, 3.05) is 33.7 Å². The van der Waals surface area contributed by atoms with Gasteiger partial charge in [-0.05, 0) is 91.9 Å². The Labute approximate surface area is 228 Å². The second-order valence-electron chi connectivity index (χ2n) is 9.11. The molecule has 0 radical (unpaired) electrons. The van der Waals surface area contributed by atoms with Crippen LogP contribution in [0.3, 0.4) is 0 Å². The van der Waals surface area contributed by atoms with Crippen LogP contribution in [0.5, 0.6) is 23.0 Å². The van der Waals surface area contributed by atoms with Gasteiger partial charge in [-0.1, -0.05) is 0 Å². The quantitative estimate of drug-likeness (QED) is 0.278. The molecule has 0 atom stereocenters. The molecule has 1 aliphatic carbocycles. The molecule has 0 heterocycles. The van der Waals surface area contributed by atoms with Crippen LogP contribution in [0.1, 0.15) is 52.0 Å². The number of amides is 2. The van der Waals surface area contributed by atoms with E-state index in [4.69, 9.17) is 18.9 Å². The van der Waals surface area contributed by atoms with Crippen molar-refractivity contribution in [1.82, 2.24) is 5.01 Å². The third kappa shape index (κ3) is 6.87. The van der Waals surface area contributed by atoms with Gasteiger partial charge in [-0.25, -0.2) is 5.01 Å². The van der Waals surface area contributed by atoms with E-state index in [1.54, 1.807) is 62.8 Å². The largest absolute Gasteiger partial charge is 0.493 e. The predicted molar refractivity (Wildman–Crippen MR) is 150 cm³/mol. The Kier molecular flexibility index (Phi) is 9.04. The van der Waals surface area contributed by atoms with Gasteiger partial charge in [-0.2, -0.15) is 5.10 Å². The molecule has 1 fully saturated rings. The Bertz CT molecular complexity index is 1330. The van der Waals surface area contributed by atoms with Gasteiger partial charge in [0.2, 0.25) is 0 Å². The lowest BCUT2D eigenvalue weighted by Gasteiger charge is -2.16. The number of anilines is 1. The first-order valence-electron chi connectivity index (χ1n) is 12.7. The molecule has 1 N–H and O–H groups in total. The Morgan fingerprint density at radius 1 is 0.821 bits per heavy atom. The van der Waals surface area contributed by atoms with Gasteiger partial charge < -0.3 is 24.3 Å². The zero-order valence-corrected chi connectivity index (χ0v) is 22.6. The Morgan fingerprint density at radius 2 is 1.44 bits per heavy atom. The molecule has 0 bridgehead atoms. The minimum absolute atomic E-state index is 0.196. The molecule has 9 heteroatoms. The van der Waals surface area contributed by atoms with Crippen LogP contribution in [0.2, 0.25) is 0 Å². The van der Waals surface area contributed by atoms with Crippen LogP contribution in [0, 0.1) is 0 Å². The van der Waals surface area contributed by atoms with Gasteiger partial charge in [0.1, 0.15) is 0 Å². The summed E-state index contributed by atoms with van der Waals surface area (Å²) in [5.41, 5.74) is 2.18. The average Bonchev–Trinajstić information content (AvgIpc) is 3.48. The number of hydrogen-bond donors (Lipinski definition) is 1. The van der Waals surface area contributed by atoms with Crippen LogP contribution in [0.15, 0.2) is 65.8 Å². The van der Waals surface area contributed by atoms with Gasteiger partial charge in [-0.15, -0.1) is 0 Å². The number of rotatable bonds is 10. The number of methoxy groups -OCH3 is 3. The van der Waals surface area contributed by atoms with E-state index >= 15 is 0 Å². The highest BCUT2D eigenvalue weighted by atomic mass is 16.5. The third-order valence-corrected chi connectivity index (χ3v) is 6.49. The topological polar surface area (TPSA) is 98.7 Å². The van der Waals surface area contributed by atoms with Crippen LogP contribution in [0.4, 0.5) is 5.69 Å². The van der Waals surface area contributed by atoms with Crippen molar-refractivity contribution in [3.63, 3.8) is 0 Å². The van der Waals surface area contributed by atoms with Crippen LogP contribution >= 0.6 is 0 Å². The van der Waals surface area contributed by atoms with Crippen molar-refractivity contribution in [2.45, 2.75) is 31.8 Å². The van der Waals surface area contributed by atoms with Crippen LogP contribution in [-0.2, 0) is 0 Å². The summed E-state index contributed by atoms with van der Waals surface area (Å²) in [5.74, 6) is 1.73. The molecule has 3 aromatic carbocycles. The highest BCUT2D eigenvalue weighted by Crippen LogP contribution is 2.32. The summed E-state index contributed by atoms with van der Waals surface area (Å²) in [6, 6.07) is 17.1. The van der Waals surface area contributed by atoms with E-state index in [-0.39, 0.29) is 17.9 Å². The van der Waals surface area contributed by atoms with Crippen molar-refractivity contribution in [3.8, 4) is 23.0 Å². The van der Waals surface area contributed by atoms with E-state index in [9.17, 15) is 9.59 Å². The number of carbonyl (C=O) groups excluding carboxylic acids is 2. The molecule has 3 aromatic rings. The van der Waals surface area contributed by atoms with Crippen molar-refractivity contribution >= 4 is 23.7 Å². The van der Waals surface area contributed by atoms with Gasteiger partial charge in [0.25, 0.3) is 11.8 Å². The molecule has 204 valence electrons. The summed E-state index contributed by atoms with van der Waals surface area (Å²) >= 11 is 0. The van der Waals surface area contributed by atoms with Gasteiger partial charge in [0, 0.05) is 23.9 Å². The number of ether oxygens (including phenoxy) is 4. The van der Waals surface area contributed by atoms with Crippen molar-refractivity contribution in [3.05, 3.63) is 77.4 Å². The number of nitrogens with one attached hydrogen (secondary N) is 1. The first-order chi connectivity index (χ1) is 18.9. The third-order valence-electron chi connectivity index (χ3n) is 6.49. The van der Waals surface area contributed by atoms with E-state index in [0.717, 1.165) is 18.4 Å². The molecular weight excluding hydrogens is 498 g/mol. The minimum atomic E-state index is -0.312. The highest BCUT2D eigenvalue weighted by Gasteiger charge is 2.19. The van der Waals surface area contributed by atoms with E-state index < -0.39 is 0 Å². The molecule has 39 heavy (non-hydrogen) atoms. The summed E-state index contributed by atoms with van der Waals surface area (Å²) in [4.78, 5) is 25.6. The molecule has 0 aromatic heterocycles. The standard InChI is InChI=1S/C30H33N3O6/c1-33(31-19-20-9-15-26(37-3)28(17-20)39-24-7-5-6-8-24)30(35)21-10-13-23(14-11-21)32-29(34)22-12-16-25(36-2)27(18-22)38-4/h9-19,24H,5-8H2,1-4H3,(H,32,34). The first-order valence-corrected chi connectivity index (χ1v) is 12.7. The fraction of sp³-hybridized carbons (Fsp3) is 0.300. The molecule has 4 rings (SSSR count). The molecule has 0 unspecified atom stereocenters. The van der Waals surface area contributed by atoms with E-state index in [1.165, 1.54) is 32.1 Å². The predicted octanol–water partition coefficient (Wildman–Crippen LogP) is 5.39. The number of nitrogens with zero attached hydrogens (tertiary/aromatic N) is 2. The molecule has 1 aliphatic rings. The maximum absolute atomic E-state index is 12.9. The van der Waals surface area contributed by atoms with E-state index in [2.05, 4.69) is 10.4 Å². The van der Waals surface area contributed by atoms with Crippen molar-refractivity contribution < 1.29 is 28.5 Å². The highest BCUT2D eigenvalue weighted by molar-refractivity contribution is 6.05. The summed E-state index contributed by atoms with van der Waals surface area (Å²) in [6.07, 6.45) is 6.23. The summed E-state index contributed by atoms with van der Waals surface area (Å²) in [6.45, 7) is 0. The van der Waals surface area contributed by atoms with Crippen molar-refractivity contribution in [2.24, 2.45) is 5.10 Å². The number of hydrazone groups is 1. The molecule has 0 spiro atoms. The second kappa shape index (κ2) is 12.8. The van der Waals surface area contributed by atoms with E-state index in [0.29, 0.717) is 39.8 Å². The number of benzene rings is 3. The molecule has 1 saturated carbocycles. The summed E-state index contributed by atoms with van der Waals surface area (Å²) in [5, 5.41) is 8.39. The summed E-state index contributed by atoms with van der Waals surface area (Å²) in [7, 11) is 6.25. The molecule has 9 nitrogen and oxygen atoms in total. The normalized spacial score (nSPS) is 13.2. The van der Waals surface area contributed by atoms with Gasteiger partial charge >= 0.3 is 0 Å². The average molecular weight is 532 g/mol. The number of hydrogen-bond acceptors (Lipinski definition) is 7. The maximum atomic E-state index is 12.9. The lowest BCUT2D eigenvalue weighted by atomic mass is 10.1. The second-order valence-corrected chi connectivity index (χ2v) is 9.11. The Balaban J connectivity index is 1.38. The first kappa shape index (κ1) is 27.5. The zero-order valence-electron chi connectivity index (χ0n) is 22.6. The molecule has 0 saturated heterocycles. The molecular formula is C30H33N3O6. The fourth-order valence-corrected chi connectivity index (χ4v) is 4.32. The Hall–Kier alpha value is -4.53. The lowest BCUT2D eigenvalue weighted by molar-refractivity contribution is 0.0800. The zero-order chi connectivity index (χ0) is 27.8. The SMILES string of the molecule is COc1ccc(C(=O)Nc2ccc(C(=O)N(C)N=Cc3ccc(OC)c(OC4CCCC4)c3)cc2)cc1OC. The van der Waals surface area contributed by atoms with Crippen LogP contribution in [0.25, 0.3) is 0 Å². The number of carbonyl (C=O) groups is 2. The fourth-order valence-electron chi connectivity index (χ4n) is 4.32. The Morgan fingerprint density at radius 3 is 2.10 bits per heavy atom. The van der Waals surface area contributed by atoms with Gasteiger partial charge in [-0.3, -0.25) is 9.59 Å². The maximum Gasteiger partial charge on any atom is 0.273 e. The van der Waals surface area contributed by atoms with Gasteiger partial charge in [0.05, 0.1) is 33.6 Å². The van der Waals surface area contributed by atoms with Crippen LogP contribution < -0.4 is 24.3 Å². The van der Waals surface area contributed by atoms with Crippen molar-refractivity contribution in [1.29, 1.82) is 0 Å². The monoisotopic (exact) mass is 531 g/mol. The molecule has 0 aliphatic heterocycles. The minimum Gasteiger partial charge on any atom is -0.493 e. The van der Waals surface area contributed by atoms with E-state index in [1.807, 2.05) is 18.2 Å². The summed E-state index contributed by atoms with van der Waals surface area (Å²) < 4.78 is 22.1. The lowest BCUT2D eigenvalue weighted by Crippen LogP contribution is -2.21. The molecule has 2 amide bonds.